The number of nitrogens with zero attached hydrogens (tertiary/aromatic N) is 2. The van der Waals surface area contributed by atoms with Crippen LogP contribution in [-0.2, 0) is 4.79 Å². The zero-order valence-electron chi connectivity index (χ0n) is 13.0. The van der Waals surface area contributed by atoms with E-state index in [2.05, 4.69) is 20.8 Å². The number of hydrogen-bond donors (Lipinski definition) is 0. The van der Waals surface area contributed by atoms with Crippen molar-refractivity contribution in [1.29, 1.82) is 0 Å². The SMILES string of the molecule is CCC[Si](CCC)(CCC)N1C(=O)C(C)N(C)C1=O. The molecule has 1 atom stereocenters. The van der Waals surface area contributed by atoms with Crippen molar-refractivity contribution in [1.82, 2.24) is 9.47 Å². The molecular formula is C14H28N2O2Si. The Balaban J connectivity index is 3.15. The predicted octanol–water partition coefficient (Wildman–Crippen LogP) is 3.44. The van der Waals surface area contributed by atoms with Crippen molar-refractivity contribution < 1.29 is 9.59 Å². The number of amides is 3. The van der Waals surface area contributed by atoms with Crippen molar-refractivity contribution in [2.24, 2.45) is 0 Å². The number of imide groups is 1. The minimum absolute atomic E-state index is 0.0366. The first kappa shape index (κ1) is 16.2. The van der Waals surface area contributed by atoms with E-state index in [-0.39, 0.29) is 18.0 Å². The van der Waals surface area contributed by atoms with Crippen molar-refractivity contribution >= 4 is 20.2 Å². The summed E-state index contributed by atoms with van der Waals surface area (Å²) in [4.78, 5) is 26.6. The lowest BCUT2D eigenvalue weighted by Gasteiger charge is -2.38. The number of rotatable bonds is 7. The summed E-state index contributed by atoms with van der Waals surface area (Å²) < 4.78 is 1.72. The van der Waals surface area contributed by atoms with Gasteiger partial charge in [0.15, 0.2) is 8.24 Å². The van der Waals surface area contributed by atoms with Gasteiger partial charge in [-0.3, -0.25) is 9.36 Å². The molecule has 4 nitrogen and oxygen atoms in total. The van der Waals surface area contributed by atoms with Crippen LogP contribution in [0.3, 0.4) is 0 Å². The smallest absolute Gasteiger partial charge is 0.316 e. The minimum Gasteiger partial charge on any atom is -0.316 e. The number of carbonyl (C=O) groups is 2. The quantitative estimate of drug-likeness (QED) is 0.531. The maximum absolute atomic E-state index is 12.5. The maximum atomic E-state index is 12.5. The summed E-state index contributed by atoms with van der Waals surface area (Å²) >= 11 is 0. The molecular weight excluding hydrogens is 256 g/mol. The van der Waals surface area contributed by atoms with Crippen LogP contribution in [0, 0.1) is 0 Å². The number of hydrogen-bond acceptors (Lipinski definition) is 2. The molecule has 0 spiro atoms. The third kappa shape index (κ3) is 2.85. The van der Waals surface area contributed by atoms with E-state index in [4.69, 9.17) is 0 Å². The Bertz CT molecular complexity index is 309. The zero-order chi connectivity index (χ0) is 14.6. The molecule has 0 radical (unpaired) electrons. The van der Waals surface area contributed by atoms with E-state index in [0.717, 1.165) is 37.4 Å². The highest BCUT2D eigenvalue weighted by atomic mass is 28.3. The van der Waals surface area contributed by atoms with Gasteiger partial charge >= 0.3 is 6.03 Å². The largest absolute Gasteiger partial charge is 0.319 e. The zero-order valence-corrected chi connectivity index (χ0v) is 14.0. The third-order valence-corrected chi connectivity index (χ3v) is 9.92. The van der Waals surface area contributed by atoms with Crippen molar-refractivity contribution in [2.45, 2.75) is 71.1 Å². The summed E-state index contributed by atoms with van der Waals surface area (Å²) in [6, 6.07) is 2.80. The standard InChI is InChI=1S/C14H28N2O2Si/c1-6-9-19(10-7-2,11-8-3)16-13(17)12(4)15(5)14(16)18/h12H,6-11H2,1-5H3. The van der Waals surface area contributed by atoms with E-state index in [9.17, 15) is 9.59 Å². The van der Waals surface area contributed by atoms with Gasteiger partial charge < -0.3 is 4.90 Å². The van der Waals surface area contributed by atoms with Crippen LogP contribution >= 0.6 is 0 Å². The van der Waals surface area contributed by atoms with Crippen LogP contribution in [0.4, 0.5) is 4.79 Å². The predicted molar refractivity (Wildman–Crippen MR) is 80.5 cm³/mol. The molecule has 5 heteroatoms. The molecule has 1 rings (SSSR count). The lowest BCUT2D eigenvalue weighted by molar-refractivity contribution is -0.125. The molecule has 0 N–H and O–H groups in total. The molecule has 0 aromatic carbocycles. The number of urea groups is 1. The summed E-state index contributed by atoms with van der Waals surface area (Å²) in [6.07, 6.45) is 3.17. The Kier molecular flexibility index (Phi) is 5.59. The Morgan fingerprint density at radius 2 is 1.42 bits per heavy atom. The first-order chi connectivity index (χ1) is 8.95. The van der Waals surface area contributed by atoms with E-state index >= 15 is 0 Å². The summed E-state index contributed by atoms with van der Waals surface area (Å²) in [5.74, 6) is 0.0366. The molecule has 19 heavy (non-hydrogen) atoms. The molecule has 0 aromatic heterocycles. The average Bonchev–Trinajstić information content (AvgIpc) is 2.55. The summed E-state index contributed by atoms with van der Waals surface area (Å²) in [5, 5.41) is 0. The summed E-state index contributed by atoms with van der Waals surface area (Å²) in [5.41, 5.74) is 0. The van der Waals surface area contributed by atoms with E-state index in [1.807, 2.05) is 6.92 Å². The molecule has 1 fully saturated rings. The first-order valence-corrected chi connectivity index (χ1v) is 10.1. The molecule has 1 heterocycles. The van der Waals surface area contributed by atoms with Gasteiger partial charge in [-0.25, -0.2) is 4.79 Å². The molecule has 1 aliphatic rings. The average molecular weight is 284 g/mol. The van der Waals surface area contributed by atoms with E-state index in [0.29, 0.717) is 0 Å². The Morgan fingerprint density at radius 3 is 1.68 bits per heavy atom. The molecule has 3 amide bonds. The van der Waals surface area contributed by atoms with Crippen LogP contribution in [0.15, 0.2) is 0 Å². The van der Waals surface area contributed by atoms with Gasteiger partial charge in [-0.15, -0.1) is 0 Å². The third-order valence-electron chi connectivity index (χ3n) is 4.27. The van der Waals surface area contributed by atoms with Gasteiger partial charge in [-0.1, -0.05) is 40.0 Å². The topological polar surface area (TPSA) is 40.6 Å². The fraction of sp³-hybridized carbons (Fsp3) is 0.857. The van der Waals surface area contributed by atoms with Crippen molar-refractivity contribution in [3.05, 3.63) is 0 Å². The van der Waals surface area contributed by atoms with Crippen LogP contribution in [0.25, 0.3) is 0 Å². The van der Waals surface area contributed by atoms with Crippen LogP contribution in [0.2, 0.25) is 18.1 Å². The molecule has 0 aromatic rings. The monoisotopic (exact) mass is 284 g/mol. The molecule has 1 aliphatic heterocycles. The first-order valence-electron chi connectivity index (χ1n) is 7.56. The highest BCUT2D eigenvalue weighted by Gasteiger charge is 2.51. The lowest BCUT2D eigenvalue weighted by Crippen LogP contribution is -2.56. The van der Waals surface area contributed by atoms with Gasteiger partial charge in [0.05, 0.1) is 0 Å². The van der Waals surface area contributed by atoms with Crippen LogP contribution in [0.5, 0.6) is 0 Å². The second-order valence-corrected chi connectivity index (χ2v) is 10.1. The fourth-order valence-corrected chi connectivity index (χ4v) is 8.74. The maximum Gasteiger partial charge on any atom is 0.319 e. The van der Waals surface area contributed by atoms with Crippen LogP contribution in [-0.4, -0.2) is 42.7 Å². The number of carbonyl (C=O) groups excluding carboxylic acids is 2. The van der Waals surface area contributed by atoms with Crippen LogP contribution in [0.1, 0.15) is 47.0 Å². The van der Waals surface area contributed by atoms with Crippen molar-refractivity contribution in [3.8, 4) is 0 Å². The van der Waals surface area contributed by atoms with Crippen molar-refractivity contribution in [2.75, 3.05) is 7.05 Å². The summed E-state index contributed by atoms with van der Waals surface area (Å²) in [6.45, 7) is 8.31. The van der Waals surface area contributed by atoms with Gasteiger partial charge in [0, 0.05) is 7.05 Å². The Labute approximate surface area is 118 Å². The normalized spacial score (nSPS) is 20.6. The van der Waals surface area contributed by atoms with Gasteiger partial charge in [-0.05, 0) is 25.1 Å². The Hall–Kier alpha value is -0.843. The molecule has 0 aliphatic carbocycles. The van der Waals surface area contributed by atoms with Gasteiger partial charge in [0.1, 0.15) is 6.04 Å². The van der Waals surface area contributed by atoms with E-state index in [1.54, 1.807) is 16.5 Å². The van der Waals surface area contributed by atoms with Crippen molar-refractivity contribution in [3.63, 3.8) is 0 Å². The van der Waals surface area contributed by atoms with Gasteiger partial charge in [0.2, 0.25) is 5.91 Å². The number of likely N-dealkylation sites (N-methyl/N-ethyl adjacent to an activating group) is 1. The fourth-order valence-electron chi connectivity index (χ4n) is 3.31. The summed E-state index contributed by atoms with van der Waals surface area (Å²) in [7, 11) is -0.236. The molecule has 1 saturated heterocycles. The molecule has 110 valence electrons. The van der Waals surface area contributed by atoms with Crippen LogP contribution < -0.4 is 0 Å². The second-order valence-electron chi connectivity index (χ2n) is 5.72. The molecule has 1 unspecified atom stereocenters. The highest BCUT2D eigenvalue weighted by molar-refractivity contribution is 6.81. The van der Waals surface area contributed by atoms with E-state index in [1.165, 1.54) is 0 Å². The Morgan fingerprint density at radius 1 is 1.00 bits per heavy atom. The van der Waals surface area contributed by atoms with E-state index < -0.39 is 8.24 Å². The molecule has 0 saturated carbocycles. The van der Waals surface area contributed by atoms with Gasteiger partial charge in [0.25, 0.3) is 0 Å². The highest BCUT2D eigenvalue weighted by Crippen LogP contribution is 2.34. The lowest BCUT2D eigenvalue weighted by atomic mass is 10.3. The molecule has 0 bridgehead atoms. The second kappa shape index (κ2) is 6.55. The van der Waals surface area contributed by atoms with Gasteiger partial charge in [-0.2, -0.15) is 0 Å². The minimum atomic E-state index is -1.98.